The van der Waals surface area contributed by atoms with Crippen LogP contribution in [-0.2, 0) is 4.74 Å². The van der Waals surface area contributed by atoms with Gasteiger partial charge >= 0.3 is 0 Å². The van der Waals surface area contributed by atoms with Gasteiger partial charge in [-0.2, -0.15) is 5.10 Å². The lowest BCUT2D eigenvalue weighted by Gasteiger charge is -2.40. The minimum absolute atomic E-state index is 0.0153. The zero-order chi connectivity index (χ0) is 15.8. The molecule has 0 radical (unpaired) electrons. The van der Waals surface area contributed by atoms with E-state index in [1.807, 2.05) is 0 Å². The molecule has 0 bridgehead atoms. The van der Waals surface area contributed by atoms with Crippen LogP contribution in [0.5, 0.6) is 0 Å². The fourth-order valence-corrected chi connectivity index (χ4v) is 2.26. The number of ether oxygens (including phenoxy) is 1. The molecule has 1 N–H and O–H groups in total. The van der Waals surface area contributed by atoms with Gasteiger partial charge in [-0.3, -0.25) is 9.89 Å². The number of H-pyrrole nitrogens is 1. The van der Waals surface area contributed by atoms with E-state index in [4.69, 9.17) is 4.74 Å². The van der Waals surface area contributed by atoms with Crippen molar-refractivity contribution >= 4 is 5.91 Å². The summed E-state index contributed by atoms with van der Waals surface area (Å²) in [6, 6.07) is 0. The molecule has 2 rings (SSSR count). The summed E-state index contributed by atoms with van der Waals surface area (Å²) in [4.78, 5) is 17.1. The third kappa shape index (κ3) is 3.75. The number of halogens is 2. The van der Waals surface area contributed by atoms with Crippen LogP contribution < -0.4 is 0 Å². The fourth-order valence-electron chi connectivity index (χ4n) is 2.26. The van der Waals surface area contributed by atoms with E-state index in [9.17, 15) is 13.6 Å². The van der Waals surface area contributed by atoms with E-state index in [0.29, 0.717) is 5.82 Å². The molecule has 1 amide bonds. The summed E-state index contributed by atoms with van der Waals surface area (Å²) in [5.74, 6) is -3.27. The molecule has 1 aliphatic heterocycles. The van der Waals surface area contributed by atoms with Crippen LogP contribution in [0.1, 0.15) is 43.6 Å². The molecule has 0 saturated carbocycles. The SMILES string of the molecule is Cc1n[nH]c(C(=O)N2CC[C@H](OC(C)(C)C)C(F)(F)C2)n1. The van der Waals surface area contributed by atoms with Crippen molar-refractivity contribution in [3.8, 4) is 0 Å². The lowest BCUT2D eigenvalue weighted by molar-refractivity contribution is -0.202. The third-order valence-electron chi connectivity index (χ3n) is 3.12. The quantitative estimate of drug-likeness (QED) is 0.904. The molecule has 0 aromatic carbocycles. The van der Waals surface area contributed by atoms with Crippen molar-refractivity contribution in [3.63, 3.8) is 0 Å². The Morgan fingerprint density at radius 1 is 1.48 bits per heavy atom. The Morgan fingerprint density at radius 2 is 2.14 bits per heavy atom. The maximum absolute atomic E-state index is 14.2. The van der Waals surface area contributed by atoms with E-state index in [1.165, 1.54) is 0 Å². The average molecular weight is 302 g/mol. The third-order valence-corrected chi connectivity index (χ3v) is 3.12. The number of nitrogens with one attached hydrogen (secondary N) is 1. The van der Waals surface area contributed by atoms with Gasteiger partial charge in [-0.05, 0) is 34.1 Å². The van der Waals surface area contributed by atoms with Crippen LogP contribution in [0, 0.1) is 6.92 Å². The average Bonchev–Trinajstić information content (AvgIpc) is 2.76. The number of amides is 1. The van der Waals surface area contributed by atoms with E-state index in [2.05, 4.69) is 15.2 Å². The van der Waals surface area contributed by atoms with E-state index >= 15 is 0 Å². The Bertz CT molecular complexity index is 524. The topological polar surface area (TPSA) is 71.1 Å². The van der Waals surface area contributed by atoms with Gasteiger partial charge in [0.2, 0.25) is 5.82 Å². The molecule has 1 aliphatic rings. The van der Waals surface area contributed by atoms with Crippen LogP contribution in [-0.4, -0.2) is 56.7 Å². The van der Waals surface area contributed by atoms with Crippen LogP contribution in [0.2, 0.25) is 0 Å². The van der Waals surface area contributed by atoms with Crippen molar-refractivity contribution in [2.24, 2.45) is 0 Å². The van der Waals surface area contributed by atoms with Gasteiger partial charge in [0.1, 0.15) is 11.9 Å². The van der Waals surface area contributed by atoms with E-state index in [0.717, 1.165) is 4.90 Å². The van der Waals surface area contributed by atoms with Gasteiger partial charge < -0.3 is 9.64 Å². The van der Waals surface area contributed by atoms with Crippen molar-refractivity contribution in [2.75, 3.05) is 13.1 Å². The van der Waals surface area contributed by atoms with Crippen LogP contribution in [0.3, 0.4) is 0 Å². The van der Waals surface area contributed by atoms with E-state index in [1.54, 1.807) is 27.7 Å². The molecule has 21 heavy (non-hydrogen) atoms. The van der Waals surface area contributed by atoms with Gasteiger partial charge in [0.15, 0.2) is 0 Å². The maximum atomic E-state index is 14.2. The number of alkyl halides is 2. The van der Waals surface area contributed by atoms with Gasteiger partial charge in [0, 0.05) is 6.54 Å². The summed E-state index contributed by atoms with van der Waals surface area (Å²) in [7, 11) is 0. The molecule has 0 unspecified atom stereocenters. The van der Waals surface area contributed by atoms with Crippen molar-refractivity contribution in [1.82, 2.24) is 20.1 Å². The zero-order valence-corrected chi connectivity index (χ0v) is 12.6. The van der Waals surface area contributed by atoms with Gasteiger partial charge in [-0.15, -0.1) is 0 Å². The van der Waals surface area contributed by atoms with Crippen LogP contribution in [0.4, 0.5) is 8.78 Å². The predicted molar refractivity (Wildman–Crippen MR) is 71.2 cm³/mol. The Hall–Kier alpha value is -1.57. The number of aromatic nitrogens is 3. The molecular formula is C13H20F2N4O2. The molecule has 1 aromatic rings. The highest BCUT2D eigenvalue weighted by Crippen LogP contribution is 2.32. The highest BCUT2D eigenvalue weighted by atomic mass is 19.3. The first-order chi connectivity index (χ1) is 9.58. The molecule has 0 aliphatic carbocycles. The lowest BCUT2D eigenvalue weighted by atomic mass is 10.0. The smallest absolute Gasteiger partial charge is 0.291 e. The number of hydrogen-bond donors (Lipinski definition) is 1. The second-order valence-electron chi connectivity index (χ2n) is 6.23. The molecule has 2 heterocycles. The molecule has 0 spiro atoms. The van der Waals surface area contributed by atoms with Crippen molar-refractivity contribution < 1.29 is 18.3 Å². The molecule has 1 fully saturated rings. The largest absolute Gasteiger partial charge is 0.366 e. The minimum Gasteiger partial charge on any atom is -0.366 e. The first kappa shape index (κ1) is 15.8. The van der Waals surface area contributed by atoms with Crippen LogP contribution >= 0.6 is 0 Å². The summed E-state index contributed by atoms with van der Waals surface area (Å²) in [6.07, 6.45) is -1.10. The number of hydrogen-bond acceptors (Lipinski definition) is 4. The Balaban J connectivity index is 2.06. The number of carbonyl (C=O) groups is 1. The standard InChI is InChI=1S/C13H20F2N4O2/c1-8-16-10(18-17-8)11(20)19-6-5-9(13(14,15)7-19)21-12(2,3)4/h9H,5-7H2,1-4H3,(H,16,17,18)/t9-/m0/s1. The van der Waals surface area contributed by atoms with Crippen molar-refractivity contribution in [2.45, 2.75) is 51.7 Å². The maximum Gasteiger partial charge on any atom is 0.291 e. The molecule has 6 nitrogen and oxygen atoms in total. The summed E-state index contributed by atoms with van der Waals surface area (Å²) in [5, 5.41) is 6.19. The molecule has 1 atom stereocenters. The Morgan fingerprint density at radius 3 is 2.62 bits per heavy atom. The number of piperidine rings is 1. The van der Waals surface area contributed by atoms with Gasteiger partial charge in [0.25, 0.3) is 11.8 Å². The van der Waals surface area contributed by atoms with Gasteiger partial charge in [0.05, 0.1) is 12.1 Å². The van der Waals surface area contributed by atoms with Crippen LogP contribution in [0.15, 0.2) is 0 Å². The number of rotatable bonds is 2. The number of aryl methyl sites for hydroxylation is 1. The number of aromatic amines is 1. The van der Waals surface area contributed by atoms with Crippen molar-refractivity contribution in [1.29, 1.82) is 0 Å². The highest BCUT2D eigenvalue weighted by molar-refractivity contribution is 5.90. The van der Waals surface area contributed by atoms with Gasteiger partial charge in [-0.1, -0.05) is 0 Å². The summed E-state index contributed by atoms with van der Waals surface area (Å²) in [6.45, 7) is 6.35. The molecular weight excluding hydrogens is 282 g/mol. The second kappa shape index (κ2) is 5.32. The Labute approximate surface area is 121 Å². The first-order valence-electron chi connectivity index (χ1n) is 6.82. The van der Waals surface area contributed by atoms with Crippen LogP contribution in [0.25, 0.3) is 0 Å². The summed E-state index contributed by atoms with van der Waals surface area (Å²) < 4.78 is 33.7. The summed E-state index contributed by atoms with van der Waals surface area (Å²) in [5.41, 5.74) is -0.650. The fraction of sp³-hybridized carbons (Fsp3) is 0.769. The zero-order valence-electron chi connectivity index (χ0n) is 12.6. The number of carbonyl (C=O) groups excluding carboxylic acids is 1. The number of likely N-dealkylation sites (tertiary alicyclic amines) is 1. The first-order valence-corrected chi connectivity index (χ1v) is 6.82. The molecule has 1 aromatic heterocycles. The number of nitrogens with zero attached hydrogens (tertiary/aromatic N) is 3. The molecule has 1 saturated heterocycles. The summed E-state index contributed by atoms with van der Waals surface area (Å²) >= 11 is 0. The lowest BCUT2D eigenvalue weighted by Crippen LogP contribution is -2.55. The second-order valence-corrected chi connectivity index (χ2v) is 6.23. The Kier molecular flexibility index (Phi) is 4.01. The van der Waals surface area contributed by atoms with Crippen molar-refractivity contribution in [3.05, 3.63) is 11.6 Å². The van der Waals surface area contributed by atoms with E-state index < -0.39 is 30.1 Å². The molecule has 8 heteroatoms. The highest BCUT2D eigenvalue weighted by Gasteiger charge is 2.48. The van der Waals surface area contributed by atoms with Gasteiger partial charge in [-0.25, -0.2) is 13.8 Å². The molecule has 118 valence electrons. The monoisotopic (exact) mass is 302 g/mol. The normalized spacial score (nSPS) is 22.4. The predicted octanol–water partition coefficient (Wildman–Crippen LogP) is 1.78. The van der Waals surface area contributed by atoms with E-state index in [-0.39, 0.29) is 18.8 Å². The minimum atomic E-state index is -3.09.